The Labute approximate surface area is 120 Å². The van der Waals surface area contributed by atoms with Gasteiger partial charge in [0.1, 0.15) is 11.6 Å². The van der Waals surface area contributed by atoms with Gasteiger partial charge in [-0.15, -0.1) is 0 Å². The van der Waals surface area contributed by atoms with Gasteiger partial charge in [-0.2, -0.15) is 5.26 Å². The number of H-pyrrole nitrogens is 1. The standard InChI is InChI=1S/C15H12N4O2/c16-8-11(15(20)17-9-10-4-3-7-21-10)14-18-12-5-1-2-6-13(12)19-14/h1-7,11H,9H2,(H,17,20)(H,18,19)/t11-/m1/s1. The fourth-order valence-electron chi connectivity index (χ4n) is 2.04. The van der Waals surface area contributed by atoms with Crippen molar-refractivity contribution in [3.8, 4) is 6.07 Å². The molecule has 2 aromatic heterocycles. The second-order valence-electron chi connectivity index (χ2n) is 4.50. The monoisotopic (exact) mass is 280 g/mol. The minimum Gasteiger partial charge on any atom is -0.467 e. The number of imidazole rings is 1. The molecule has 0 saturated heterocycles. The Morgan fingerprint density at radius 2 is 2.24 bits per heavy atom. The number of aromatic nitrogens is 2. The highest BCUT2D eigenvalue weighted by atomic mass is 16.3. The van der Waals surface area contributed by atoms with Crippen LogP contribution < -0.4 is 5.32 Å². The summed E-state index contributed by atoms with van der Waals surface area (Å²) in [5.41, 5.74) is 1.53. The summed E-state index contributed by atoms with van der Waals surface area (Å²) < 4.78 is 5.13. The largest absolute Gasteiger partial charge is 0.467 e. The summed E-state index contributed by atoms with van der Waals surface area (Å²) in [5.74, 6) is -0.416. The van der Waals surface area contributed by atoms with E-state index in [1.54, 1.807) is 12.1 Å². The molecular weight excluding hydrogens is 268 g/mol. The van der Waals surface area contributed by atoms with E-state index < -0.39 is 11.8 Å². The van der Waals surface area contributed by atoms with Crippen LogP contribution in [0.15, 0.2) is 47.1 Å². The molecule has 6 heteroatoms. The van der Waals surface area contributed by atoms with E-state index in [2.05, 4.69) is 15.3 Å². The zero-order valence-corrected chi connectivity index (χ0v) is 11.0. The Morgan fingerprint density at radius 1 is 1.38 bits per heavy atom. The number of nitrogens with zero attached hydrogens (tertiary/aromatic N) is 2. The van der Waals surface area contributed by atoms with Gasteiger partial charge in [0.2, 0.25) is 5.91 Å². The molecule has 6 nitrogen and oxygen atoms in total. The molecular formula is C15H12N4O2. The smallest absolute Gasteiger partial charge is 0.245 e. The molecule has 0 aliphatic rings. The van der Waals surface area contributed by atoms with Gasteiger partial charge in [-0.1, -0.05) is 12.1 Å². The van der Waals surface area contributed by atoms with E-state index in [1.165, 1.54) is 6.26 Å². The molecule has 0 spiro atoms. The van der Waals surface area contributed by atoms with Crippen LogP contribution in [0.2, 0.25) is 0 Å². The highest BCUT2D eigenvalue weighted by molar-refractivity contribution is 5.86. The number of amides is 1. The number of nitriles is 1. The van der Waals surface area contributed by atoms with Crippen LogP contribution >= 0.6 is 0 Å². The predicted octanol–water partition coefficient (Wildman–Crippen LogP) is 2.08. The zero-order valence-electron chi connectivity index (χ0n) is 11.0. The van der Waals surface area contributed by atoms with E-state index in [-0.39, 0.29) is 6.54 Å². The molecule has 1 atom stereocenters. The van der Waals surface area contributed by atoms with Gasteiger partial charge < -0.3 is 14.7 Å². The summed E-state index contributed by atoms with van der Waals surface area (Å²) in [6.07, 6.45) is 1.53. The number of aromatic amines is 1. The molecule has 104 valence electrons. The number of fused-ring (bicyclic) bond motifs is 1. The van der Waals surface area contributed by atoms with Crippen molar-refractivity contribution in [2.75, 3.05) is 0 Å². The molecule has 2 heterocycles. The Kier molecular flexibility index (Phi) is 3.39. The molecule has 2 N–H and O–H groups in total. The normalized spacial score (nSPS) is 12.0. The first kappa shape index (κ1) is 12.9. The lowest BCUT2D eigenvalue weighted by molar-refractivity contribution is -0.121. The average molecular weight is 280 g/mol. The predicted molar refractivity (Wildman–Crippen MR) is 75.0 cm³/mol. The van der Waals surface area contributed by atoms with Gasteiger partial charge in [0.05, 0.1) is 29.9 Å². The van der Waals surface area contributed by atoms with Crippen molar-refractivity contribution in [3.63, 3.8) is 0 Å². The van der Waals surface area contributed by atoms with Crippen LogP contribution in [0, 0.1) is 11.3 Å². The molecule has 1 aromatic carbocycles. The van der Waals surface area contributed by atoms with Crippen LogP contribution in [-0.2, 0) is 11.3 Å². The molecule has 0 radical (unpaired) electrons. The van der Waals surface area contributed by atoms with Crippen molar-refractivity contribution in [2.24, 2.45) is 0 Å². The van der Waals surface area contributed by atoms with E-state index in [9.17, 15) is 10.1 Å². The number of carbonyl (C=O) groups excluding carboxylic acids is 1. The van der Waals surface area contributed by atoms with Crippen molar-refractivity contribution in [3.05, 3.63) is 54.2 Å². The van der Waals surface area contributed by atoms with Crippen LogP contribution in [0.3, 0.4) is 0 Å². The van der Waals surface area contributed by atoms with E-state index >= 15 is 0 Å². The molecule has 21 heavy (non-hydrogen) atoms. The third-order valence-corrected chi connectivity index (χ3v) is 3.09. The second kappa shape index (κ2) is 5.51. The lowest BCUT2D eigenvalue weighted by Gasteiger charge is -2.06. The van der Waals surface area contributed by atoms with Crippen LogP contribution in [0.5, 0.6) is 0 Å². The summed E-state index contributed by atoms with van der Waals surface area (Å²) >= 11 is 0. The van der Waals surface area contributed by atoms with Crippen molar-refractivity contribution in [1.82, 2.24) is 15.3 Å². The molecule has 3 aromatic rings. The minimum atomic E-state index is -0.979. The first-order valence-corrected chi connectivity index (χ1v) is 6.42. The number of furan rings is 1. The van der Waals surface area contributed by atoms with Gasteiger partial charge in [-0.3, -0.25) is 4.79 Å². The molecule has 0 aliphatic heterocycles. The summed E-state index contributed by atoms with van der Waals surface area (Å²) in [5, 5.41) is 11.9. The Bertz CT molecular complexity index is 766. The van der Waals surface area contributed by atoms with Gasteiger partial charge >= 0.3 is 0 Å². The Balaban J connectivity index is 1.77. The number of rotatable bonds is 4. The van der Waals surface area contributed by atoms with E-state index in [1.807, 2.05) is 30.3 Å². The minimum absolute atomic E-state index is 0.240. The van der Waals surface area contributed by atoms with Crippen LogP contribution in [0.1, 0.15) is 17.5 Å². The SMILES string of the molecule is N#C[C@@H](C(=O)NCc1ccco1)c1nc2ccccc2[nH]1. The molecule has 0 fully saturated rings. The molecule has 0 bridgehead atoms. The number of hydrogen-bond donors (Lipinski definition) is 2. The van der Waals surface area contributed by atoms with Gasteiger partial charge in [-0.05, 0) is 24.3 Å². The Hall–Kier alpha value is -3.07. The fraction of sp³-hybridized carbons (Fsp3) is 0.133. The number of carbonyl (C=O) groups is 1. The number of nitrogens with one attached hydrogen (secondary N) is 2. The molecule has 0 aliphatic carbocycles. The second-order valence-corrected chi connectivity index (χ2v) is 4.50. The van der Waals surface area contributed by atoms with Gasteiger partial charge in [-0.25, -0.2) is 4.98 Å². The van der Waals surface area contributed by atoms with Crippen molar-refractivity contribution < 1.29 is 9.21 Å². The molecule has 0 unspecified atom stereocenters. The summed E-state index contributed by atoms with van der Waals surface area (Å²) in [7, 11) is 0. The first-order chi connectivity index (χ1) is 10.3. The molecule has 1 amide bonds. The topological polar surface area (TPSA) is 94.7 Å². The van der Waals surface area contributed by atoms with Crippen molar-refractivity contribution in [2.45, 2.75) is 12.5 Å². The van der Waals surface area contributed by atoms with Crippen molar-refractivity contribution >= 4 is 16.9 Å². The number of para-hydroxylation sites is 2. The van der Waals surface area contributed by atoms with Crippen LogP contribution in [-0.4, -0.2) is 15.9 Å². The van der Waals surface area contributed by atoms with E-state index in [0.29, 0.717) is 11.6 Å². The van der Waals surface area contributed by atoms with Gasteiger partial charge in [0, 0.05) is 0 Å². The number of hydrogen-bond acceptors (Lipinski definition) is 4. The highest BCUT2D eigenvalue weighted by Gasteiger charge is 2.23. The maximum atomic E-state index is 12.1. The highest BCUT2D eigenvalue weighted by Crippen LogP contribution is 2.17. The fourth-order valence-corrected chi connectivity index (χ4v) is 2.04. The lowest BCUT2D eigenvalue weighted by Crippen LogP contribution is -2.28. The van der Waals surface area contributed by atoms with E-state index in [4.69, 9.17) is 4.42 Å². The zero-order chi connectivity index (χ0) is 14.7. The summed E-state index contributed by atoms with van der Waals surface area (Å²) in [6, 6.07) is 12.9. The lowest BCUT2D eigenvalue weighted by atomic mass is 10.1. The van der Waals surface area contributed by atoms with Crippen LogP contribution in [0.4, 0.5) is 0 Å². The number of benzene rings is 1. The summed E-state index contributed by atoms with van der Waals surface area (Å²) in [6.45, 7) is 0.240. The van der Waals surface area contributed by atoms with E-state index in [0.717, 1.165) is 11.0 Å². The van der Waals surface area contributed by atoms with Gasteiger partial charge in [0.15, 0.2) is 5.92 Å². The molecule has 0 saturated carbocycles. The Morgan fingerprint density at radius 3 is 2.95 bits per heavy atom. The maximum Gasteiger partial charge on any atom is 0.245 e. The van der Waals surface area contributed by atoms with Gasteiger partial charge in [0.25, 0.3) is 0 Å². The average Bonchev–Trinajstić information content (AvgIpc) is 3.15. The molecule has 3 rings (SSSR count). The summed E-state index contributed by atoms with van der Waals surface area (Å²) in [4.78, 5) is 19.4. The third-order valence-electron chi connectivity index (χ3n) is 3.09. The van der Waals surface area contributed by atoms with Crippen LogP contribution in [0.25, 0.3) is 11.0 Å². The maximum absolute atomic E-state index is 12.1. The van der Waals surface area contributed by atoms with Crippen molar-refractivity contribution in [1.29, 1.82) is 5.26 Å². The third kappa shape index (κ3) is 2.62. The quantitative estimate of drug-likeness (QED) is 0.765. The first-order valence-electron chi connectivity index (χ1n) is 6.42.